The Labute approximate surface area is 155 Å². The van der Waals surface area contributed by atoms with E-state index in [1.165, 1.54) is 5.56 Å². The van der Waals surface area contributed by atoms with Gasteiger partial charge in [0.2, 0.25) is 0 Å². The lowest BCUT2D eigenvalue weighted by Gasteiger charge is -2.17. The van der Waals surface area contributed by atoms with E-state index in [-0.39, 0.29) is 5.91 Å². The number of anilines is 2. The maximum atomic E-state index is 12.3. The average Bonchev–Trinajstić information content (AvgIpc) is 2.59. The fraction of sp³-hybridized carbons (Fsp3) is 0.450. The molecule has 2 N–H and O–H groups in total. The summed E-state index contributed by atoms with van der Waals surface area (Å²) in [5.74, 6) is 1.35. The van der Waals surface area contributed by atoms with Crippen molar-refractivity contribution < 1.29 is 9.53 Å². The van der Waals surface area contributed by atoms with E-state index >= 15 is 0 Å². The molecule has 2 aromatic rings. The summed E-state index contributed by atoms with van der Waals surface area (Å²) in [7, 11) is 1.64. The highest BCUT2D eigenvalue weighted by Crippen LogP contribution is 2.29. The fourth-order valence-corrected chi connectivity index (χ4v) is 2.73. The van der Waals surface area contributed by atoms with Gasteiger partial charge in [0, 0.05) is 32.0 Å². The SMILES string of the molecule is COCCCNC(=O)c1cc(Nc2c(C)cccc2C(C)C)nc(C)n1. The first kappa shape index (κ1) is 19.8. The molecule has 0 aliphatic carbocycles. The molecule has 0 aliphatic rings. The molecule has 0 atom stereocenters. The number of carbonyl (C=O) groups is 1. The van der Waals surface area contributed by atoms with E-state index in [1.54, 1.807) is 20.1 Å². The number of carbonyl (C=O) groups excluding carboxylic acids is 1. The highest BCUT2D eigenvalue weighted by molar-refractivity contribution is 5.93. The van der Waals surface area contributed by atoms with Gasteiger partial charge in [-0.3, -0.25) is 4.79 Å². The summed E-state index contributed by atoms with van der Waals surface area (Å²) in [4.78, 5) is 21.0. The van der Waals surface area contributed by atoms with E-state index < -0.39 is 0 Å². The number of ether oxygens (including phenoxy) is 1. The summed E-state index contributed by atoms with van der Waals surface area (Å²) in [6, 6.07) is 7.91. The predicted octanol–water partition coefficient (Wildman–Crippen LogP) is 3.73. The summed E-state index contributed by atoms with van der Waals surface area (Å²) in [5.41, 5.74) is 3.74. The van der Waals surface area contributed by atoms with Gasteiger partial charge in [-0.25, -0.2) is 9.97 Å². The predicted molar refractivity (Wildman–Crippen MR) is 104 cm³/mol. The third-order valence-corrected chi connectivity index (χ3v) is 4.06. The minimum Gasteiger partial charge on any atom is -0.385 e. The molecule has 2 rings (SSSR count). The first-order chi connectivity index (χ1) is 12.4. The van der Waals surface area contributed by atoms with E-state index in [0.717, 1.165) is 17.7 Å². The molecule has 1 heterocycles. The molecule has 6 heteroatoms. The molecular formula is C20H28N4O2. The zero-order valence-electron chi connectivity index (χ0n) is 16.2. The first-order valence-corrected chi connectivity index (χ1v) is 8.91. The van der Waals surface area contributed by atoms with Crippen LogP contribution in [-0.2, 0) is 4.74 Å². The topological polar surface area (TPSA) is 76.1 Å². The van der Waals surface area contributed by atoms with E-state index in [1.807, 2.05) is 0 Å². The Morgan fingerprint density at radius 1 is 1.23 bits per heavy atom. The van der Waals surface area contributed by atoms with Crippen molar-refractivity contribution in [3.8, 4) is 0 Å². The van der Waals surface area contributed by atoms with Crippen molar-refractivity contribution in [2.45, 2.75) is 40.0 Å². The second kappa shape index (κ2) is 9.29. The number of aryl methyl sites for hydroxylation is 2. The maximum Gasteiger partial charge on any atom is 0.270 e. The smallest absolute Gasteiger partial charge is 0.270 e. The van der Waals surface area contributed by atoms with Crippen LogP contribution in [0.5, 0.6) is 0 Å². The lowest BCUT2D eigenvalue weighted by atomic mass is 9.98. The summed E-state index contributed by atoms with van der Waals surface area (Å²) in [5, 5.41) is 6.24. The summed E-state index contributed by atoms with van der Waals surface area (Å²) in [6.45, 7) is 9.32. The Morgan fingerprint density at radius 2 is 2.00 bits per heavy atom. The molecule has 1 aromatic carbocycles. The zero-order chi connectivity index (χ0) is 19.1. The minimum atomic E-state index is -0.205. The van der Waals surface area contributed by atoms with Crippen LogP contribution in [0.1, 0.15) is 53.6 Å². The Morgan fingerprint density at radius 3 is 2.69 bits per heavy atom. The quantitative estimate of drug-likeness (QED) is 0.705. The van der Waals surface area contributed by atoms with Crippen molar-refractivity contribution in [2.75, 3.05) is 25.6 Å². The summed E-state index contributed by atoms with van der Waals surface area (Å²) < 4.78 is 4.99. The molecule has 0 fully saturated rings. The van der Waals surface area contributed by atoms with Crippen molar-refractivity contribution >= 4 is 17.4 Å². The number of rotatable bonds is 8. The van der Waals surface area contributed by atoms with E-state index in [9.17, 15) is 4.79 Å². The molecule has 0 bridgehead atoms. The van der Waals surface area contributed by atoms with Gasteiger partial charge in [-0.15, -0.1) is 0 Å². The molecule has 0 aliphatic heterocycles. The van der Waals surface area contributed by atoms with E-state index in [0.29, 0.717) is 36.4 Å². The second-order valence-electron chi connectivity index (χ2n) is 6.61. The highest BCUT2D eigenvalue weighted by Gasteiger charge is 2.13. The Hall–Kier alpha value is -2.47. The lowest BCUT2D eigenvalue weighted by Crippen LogP contribution is -2.26. The van der Waals surface area contributed by atoms with Gasteiger partial charge in [0.1, 0.15) is 17.3 Å². The molecule has 6 nitrogen and oxygen atoms in total. The van der Waals surface area contributed by atoms with Gasteiger partial charge in [0.15, 0.2) is 0 Å². The number of para-hydroxylation sites is 1. The number of aromatic nitrogens is 2. The highest BCUT2D eigenvalue weighted by atomic mass is 16.5. The van der Waals surface area contributed by atoms with Crippen LogP contribution in [0.2, 0.25) is 0 Å². The third-order valence-electron chi connectivity index (χ3n) is 4.06. The Kier molecular flexibility index (Phi) is 7.09. The van der Waals surface area contributed by atoms with Crippen LogP contribution in [0.4, 0.5) is 11.5 Å². The van der Waals surface area contributed by atoms with Gasteiger partial charge in [-0.2, -0.15) is 0 Å². The third kappa shape index (κ3) is 5.26. The van der Waals surface area contributed by atoms with Crippen LogP contribution >= 0.6 is 0 Å². The van der Waals surface area contributed by atoms with Crippen LogP contribution in [0.15, 0.2) is 24.3 Å². The number of amides is 1. The van der Waals surface area contributed by atoms with Crippen molar-refractivity contribution in [1.29, 1.82) is 0 Å². The van der Waals surface area contributed by atoms with E-state index in [4.69, 9.17) is 4.74 Å². The van der Waals surface area contributed by atoms with Crippen molar-refractivity contribution in [3.05, 3.63) is 46.9 Å². The Bertz CT molecular complexity index is 759. The van der Waals surface area contributed by atoms with Crippen LogP contribution in [0.25, 0.3) is 0 Å². The van der Waals surface area contributed by atoms with Crippen molar-refractivity contribution in [1.82, 2.24) is 15.3 Å². The molecule has 26 heavy (non-hydrogen) atoms. The molecule has 0 saturated carbocycles. The number of benzene rings is 1. The van der Waals surface area contributed by atoms with Gasteiger partial charge < -0.3 is 15.4 Å². The lowest BCUT2D eigenvalue weighted by molar-refractivity contribution is 0.0943. The average molecular weight is 356 g/mol. The van der Waals surface area contributed by atoms with Gasteiger partial charge in [0.05, 0.1) is 0 Å². The molecule has 1 aromatic heterocycles. The Balaban J connectivity index is 2.22. The zero-order valence-corrected chi connectivity index (χ0v) is 16.2. The summed E-state index contributed by atoms with van der Waals surface area (Å²) >= 11 is 0. The monoisotopic (exact) mass is 356 g/mol. The molecule has 0 saturated heterocycles. The molecule has 0 unspecified atom stereocenters. The second-order valence-corrected chi connectivity index (χ2v) is 6.61. The normalized spacial score (nSPS) is 10.8. The number of methoxy groups -OCH3 is 1. The molecular weight excluding hydrogens is 328 g/mol. The van der Waals surface area contributed by atoms with Crippen molar-refractivity contribution in [3.63, 3.8) is 0 Å². The standard InChI is InChI=1S/C20H28N4O2/c1-13(2)16-9-6-8-14(3)19(16)24-18-12-17(22-15(4)23-18)20(25)21-10-7-11-26-5/h6,8-9,12-13H,7,10-11H2,1-5H3,(H,21,25)(H,22,23,24). The molecule has 140 valence electrons. The number of nitrogens with zero attached hydrogens (tertiary/aromatic N) is 2. The number of hydrogen-bond acceptors (Lipinski definition) is 5. The van der Waals surface area contributed by atoms with Crippen LogP contribution in [0, 0.1) is 13.8 Å². The van der Waals surface area contributed by atoms with Crippen LogP contribution in [-0.4, -0.2) is 36.1 Å². The first-order valence-electron chi connectivity index (χ1n) is 8.91. The summed E-state index contributed by atoms with van der Waals surface area (Å²) in [6.07, 6.45) is 0.762. The largest absolute Gasteiger partial charge is 0.385 e. The van der Waals surface area contributed by atoms with Gasteiger partial charge in [0.25, 0.3) is 5.91 Å². The van der Waals surface area contributed by atoms with Gasteiger partial charge >= 0.3 is 0 Å². The maximum absolute atomic E-state index is 12.3. The number of hydrogen-bond donors (Lipinski definition) is 2. The van der Waals surface area contributed by atoms with Crippen LogP contribution in [0.3, 0.4) is 0 Å². The minimum absolute atomic E-state index is 0.205. The fourth-order valence-electron chi connectivity index (χ4n) is 2.73. The number of nitrogens with one attached hydrogen (secondary N) is 2. The van der Waals surface area contributed by atoms with E-state index in [2.05, 4.69) is 59.6 Å². The molecule has 1 amide bonds. The molecule has 0 radical (unpaired) electrons. The molecule has 0 spiro atoms. The van der Waals surface area contributed by atoms with Gasteiger partial charge in [-0.05, 0) is 37.3 Å². The van der Waals surface area contributed by atoms with Crippen LogP contribution < -0.4 is 10.6 Å². The van der Waals surface area contributed by atoms with Gasteiger partial charge in [-0.1, -0.05) is 32.0 Å². The van der Waals surface area contributed by atoms with Crippen molar-refractivity contribution in [2.24, 2.45) is 0 Å².